The van der Waals surface area contributed by atoms with Crippen LogP contribution in [0.2, 0.25) is 0 Å². The van der Waals surface area contributed by atoms with Crippen LogP contribution >= 0.6 is 0 Å². The molecular formula is C14H22N4. The summed E-state index contributed by atoms with van der Waals surface area (Å²) in [4.78, 5) is 11.5. The lowest BCUT2D eigenvalue weighted by Gasteiger charge is -2.31. The number of nitrogens with zero attached hydrogens (tertiary/aromatic N) is 3. The van der Waals surface area contributed by atoms with Gasteiger partial charge in [-0.05, 0) is 32.1 Å². The summed E-state index contributed by atoms with van der Waals surface area (Å²) in [5.74, 6) is 1.18. The van der Waals surface area contributed by atoms with Gasteiger partial charge in [-0.25, -0.2) is 9.97 Å². The smallest absolute Gasteiger partial charge is 0.135 e. The second kappa shape index (κ2) is 5.22. The Kier molecular flexibility index (Phi) is 3.46. The van der Waals surface area contributed by atoms with Gasteiger partial charge in [0.2, 0.25) is 0 Å². The second-order valence-electron chi connectivity index (χ2n) is 5.40. The number of hydrogen-bond acceptors (Lipinski definition) is 4. The third kappa shape index (κ3) is 2.09. The van der Waals surface area contributed by atoms with Gasteiger partial charge < -0.3 is 10.6 Å². The molecule has 1 heterocycles. The van der Waals surface area contributed by atoms with E-state index in [1.807, 2.05) is 0 Å². The Balaban J connectivity index is 1.92. The topological polar surface area (TPSA) is 55.0 Å². The van der Waals surface area contributed by atoms with E-state index < -0.39 is 0 Å². The molecule has 0 aliphatic heterocycles. The average Bonchev–Trinajstić information content (AvgIpc) is 3.06. The van der Waals surface area contributed by atoms with Crippen molar-refractivity contribution in [1.29, 1.82) is 0 Å². The van der Waals surface area contributed by atoms with Gasteiger partial charge in [-0.1, -0.05) is 12.8 Å². The summed E-state index contributed by atoms with van der Waals surface area (Å²) in [7, 11) is 0. The molecule has 3 rings (SSSR count). The van der Waals surface area contributed by atoms with Crippen molar-refractivity contribution in [3.63, 3.8) is 0 Å². The van der Waals surface area contributed by atoms with Crippen LogP contribution in [0.3, 0.4) is 0 Å². The zero-order valence-corrected chi connectivity index (χ0v) is 10.9. The van der Waals surface area contributed by atoms with E-state index in [0.717, 1.165) is 19.4 Å². The lowest BCUT2D eigenvalue weighted by Crippen LogP contribution is -2.38. The lowest BCUT2D eigenvalue weighted by atomic mass is 10.1. The first kappa shape index (κ1) is 11.9. The maximum absolute atomic E-state index is 5.79. The van der Waals surface area contributed by atoms with Crippen LogP contribution in [-0.2, 0) is 12.8 Å². The van der Waals surface area contributed by atoms with E-state index >= 15 is 0 Å². The van der Waals surface area contributed by atoms with Crippen molar-refractivity contribution >= 4 is 5.82 Å². The molecule has 0 spiro atoms. The van der Waals surface area contributed by atoms with E-state index in [1.165, 1.54) is 49.2 Å². The molecule has 0 atom stereocenters. The normalized spacial score (nSPS) is 19.2. The molecule has 4 heteroatoms. The van der Waals surface area contributed by atoms with E-state index in [4.69, 9.17) is 5.73 Å². The fourth-order valence-corrected chi connectivity index (χ4v) is 3.41. The second-order valence-corrected chi connectivity index (χ2v) is 5.40. The summed E-state index contributed by atoms with van der Waals surface area (Å²) in [5, 5.41) is 0. The molecule has 18 heavy (non-hydrogen) atoms. The molecule has 0 bridgehead atoms. The molecule has 0 unspecified atom stereocenters. The van der Waals surface area contributed by atoms with Crippen LogP contribution in [0, 0.1) is 0 Å². The number of rotatable bonds is 4. The van der Waals surface area contributed by atoms with Crippen LogP contribution in [0.1, 0.15) is 43.4 Å². The fourth-order valence-electron chi connectivity index (χ4n) is 3.41. The summed E-state index contributed by atoms with van der Waals surface area (Å²) in [6.07, 6.45) is 10.5. The Hall–Kier alpha value is -1.16. The number of fused-ring (bicyclic) bond motifs is 1. The molecule has 1 aromatic heterocycles. The number of hydrogen-bond donors (Lipinski definition) is 1. The van der Waals surface area contributed by atoms with Gasteiger partial charge >= 0.3 is 0 Å². The highest BCUT2D eigenvalue weighted by Gasteiger charge is 2.27. The number of aromatic nitrogens is 2. The average molecular weight is 246 g/mol. The number of nitrogens with two attached hydrogens (primary N) is 1. The third-order valence-corrected chi connectivity index (χ3v) is 4.26. The zero-order chi connectivity index (χ0) is 12.4. The minimum atomic E-state index is 0.646. The summed E-state index contributed by atoms with van der Waals surface area (Å²) in [5.41, 5.74) is 8.45. The highest BCUT2D eigenvalue weighted by Crippen LogP contribution is 2.32. The Morgan fingerprint density at radius 2 is 2.00 bits per heavy atom. The van der Waals surface area contributed by atoms with Gasteiger partial charge in [-0.15, -0.1) is 0 Å². The molecule has 2 N–H and O–H groups in total. The van der Waals surface area contributed by atoms with Gasteiger partial charge in [0, 0.05) is 30.4 Å². The van der Waals surface area contributed by atoms with Crippen LogP contribution in [0.4, 0.5) is 5.82 Å². The van der Waals surface area contributed by atoms with Gasteiger partial charge in [-0.3, -0.25) is 0 Å². The Morgan fingerprint density at radius 1 is 1.17 bits per heavy atom. The molecule has 0 amide bonds. The molecule has 0 saturated heterocycles. The van der Waals surface area contributed by atoms with Crippen LogP contribution in [-0.4, -0.2) is 29.1 Å². The van der Waals surface area contributed by atoms with Crippen molar-refractivity contribution in [1.82, 2.24) is 9.97 Å². The predicted molar refractivity (Wildman–Crippen MR) is 72.7 cm³/mol. The van der Waals surface area contributed by atoms with E-state index in [2.05, 4.69) is 14.9 Å². The fraction of sp³-hybridized carbons (Fsp3) is 0.714. The van der Waals surface area contributed by atoms with Gasteiger partial charge in [0.05, 0.1) is 0 Å². The molecule has 0 aromatic carbocycles. The predicted octanol–water partition coefficient (Wildman–Crippen LogP) is 1.67. The molecule has 2 aliphatic carbocycles. The SMILES string of the molecule is NCCN(c1ncnc2c1CCC2)C1CCCC1. The van der Waals surface area contributed by atoms with Crippen molar-refractivity contribution in [3.05, 3.63) is 17.6 Å². The molecule has 0 radical (unpaired) electrons. The van der Waals surface area contributed by atoms with Crippen molar-refractivity contribution in [2.75, 3.05) is 18.0 Å². The molecule has 1 fully saturated rings. The number of anilines is 1. The van der Waals surface area contributed by atoms with E-state index in [-0.39, 0.29) is 0 Å². The maximum atomic E-state index is 5.79. The summed E-state index contributed by atoms with van der Waals surface area (Å²) in [6.45, 7) is 1.63. The van der Waals surface area contributed by atoms with Crippen LogP contribution in [0.25, 0.3) is 0 Å². The Labute approximate surface area is 109 Å². The monoisotopic (exact) mass is 246 g/mol. The standard InChI is InChI=1S/C14H22N4/c15-8-9-18(11-4-1-2-5-11)14-12-6-3-7-13(12)16-10-17-14/h10-11H,1-9,15H2. The van der Waals surface area contributed by atoms with Crippen LogP contribution in [0.5, 0.6) is 0 Å². The van der Waals surface area contributed by atoms with Crippen molar-refractivity contribution in [2.45, 2.75) is 51.0 Å². The minimum Gasteiger partial charge on any atom is -0.352 e. The first-order valence-corrected chi connectivity index (χ1v) is 7.19. The summed E-state index contributed by atoms with van der Waals surface area (Å²) >= 11 is 0. The highest BCUT2D eigenvalue weighted by atomic mass is 15.2. The third-order valence-electron chi connectivity index (χ3n) is 4.26. The molecule has 98 valence electrons. The largest absolute Gasteiger partial charge is 0.352 e. The van der Waals surface area contributed by atoms with E-state index in [1.54, 1.807) is 6.33 Å². The summed E-state index contributed by atoms with van der Waals surface area (Å²) < 4.78 is 0. The van der Waals surface area contributed by atoms with E-state index in [0.29, 0.717) is 12.6 Å². The quantitative estimate of drug-likeness (QED) is 0.878. The molecule has 1 aromatic rings. The molecule has 4 nitrogen and oxygen atoms in total. The van der Waals surface area contributed by atoms with Gasteiger partial charge in [0.25, 0.3) is 0 Å². The van der Waals surface area contributed by atoms with Gasteiger partial charge in [-0.2, -0.15) is 0 Å². The number of aryl methyl sites for hydroxylation is 1. The Bertz CT molecular complexity index is 412. The zero-order valence-electron chi connectivity index (χ0n) is 10.9. The first-order valence-electron chi connectivity index (χ1n) is 7.19. The van der Waals surface area contributed by atoms with Crippen molar-refractivity contribution < 1.29 is 0 Å². The van der Waals surface area contributed by atoms with Gasteiger partial charge in [0.1, 0.15) is 12.1 Å². The maximum Gasteiger partial charge on any atom is 0.135 e. The summed E-state index contributed by atoms with van der Waals surface area (Å²) in [6, 6.07) is 0.646. The molecular weight excluding hydrogens is 224 g/mol. The minimum absolute atomic E-state index is 0.646. The van der Waals surface area contributed by atoms with E-state index in [9.17, 15) is 0 Å². The van der Waals surface area contributed by atoms with Crippen molar-refractivity contribution in [3.8, 4) is 0 Å². The Morgan fingerprint density at radius 3 is 2.78 bits per heavy atom. The van der Waals surface area contributed by atoms with Crippen molar-refractivity contribution in [2.24, 2.45) is 5.73 Å². The molecule has 2 aliphatic rings. The highest BCUT2D eigenvalue weighted by molar-refractivity contribution is 5.51. The van der Waals surface area contributed by atoms with Crippen LogP contribution in [0.15, 0.2) is 6.33 Å². The lowest BCUT2D eigenvalue weighted by molar-refractivity contribution is 0.599. The first-order chi connectivity index (χ1) is 8.90. The van der Waals surface area contributed by atoms with Gasteiger partial charge in [0.15, 0.2) is 0 Å². The molecule has 1 saturated carbocycles. The van der Waals surface area contributed by atoms with Crippen LogP contribution < -0.4 is 10.6 Å².